The third kappa shape index (κ3) is 3.42. The van der Waals surface area contributed by atoms with Gasteiger partial charge < -0.3 is 0 Å². The molecule has 0 radical (unpaired) electrons. The lowest BCUT2D eigenvalue weighted by molar-refractivity contribution is 0.104. The minimum atomic E-state index is -3.02. The Bertz CT molecular complexity index is 904. The smallest absolute Gasteiger partial charge is 0.187 e. The summed E-state index contributed by atoms with van der Waals surface area (Å²) >= 11 is 6.36. The molecular weight excluding hydrogens is 350 g/mol. The molecule has 1 aliphatic heterocycles. The van der Waals surface area contributed by atoms with Crippen LogP contribution in [0.2, 0.25) is 5.15 Å². The molecule has 126 valence electrons. The Hall–Kier alpha value is -1.99. The van der Waals surface area contributed by atoms with Gasteiger partial charge in [-0.1, -0.05) is 11.6 Å². The number of carbonyl (C=O) groups is 1. The predicted molar refractivity (Wildman–Crippen MR) is 91.9 cm³/mol. The van der Waals surface area contributed by atoms with Crippen molar-refractivity contribution in [1.82, 2.24) is 14.8 Å². The minimum Gasteiger partial charge on any atom is -0.289 e. The van der Waals surface area contributed by atoms with Crippen molar-refractivity contribution in [3.05, 3.63) is 52.6 Å². The highest BCUT2D eigenvalue weighted by Crippen LogP contribution is 2.30. The monoisotopic (exact) mass is 365 g/mol. The first-order chi connectivity index (χ1) is 11.4. The summed E-state index contributed by atoms with van der Waals surface area (Å²) in [4.78, 5) is 16.0. The van der Waals surface area contributed by atoms with E-state index in [1.165, 1.54) is 12.3 Å². The lowest BCUT2D eigenvalue weighted by Crippen LogP contribution is -2.12. The van der Waals surface area contributed by atoms with Crippen molar-refractivity contribution < 1.29 is 13.2 Å². The second-order valence-electron chi connectivity index (χ2n) is 5.73. The molecule has 0 aliphatic carbocycles. The Kier molecular flexibility index (Phi) is 4.56. The molecular formula is C16H16ClN3O3S. The molecule has 0 aromatic carbocycles. The summed E-state index contributed by atoms with van der Waals surface area (Å²) in [6.07, 6.45) is 6.62. The van der Waals surface area contributed by atoms with Gasteiger partial charge in [0.15, 0.2) is 15.6 Å². The zero-order valence-electron chi connectivity index (χ0n) is 13.0. The van der Waals surface area contributed by atoms with E-state index in [1.54, 1.807) is 36.0 Å². The van der Waals surface area contributed by atoms with Crippen LogP contribution in [0.5, 0.6) is 0 Å². The lowest BCUT2D eigenvalue weighted by Gasteiger charge is -2.09. The van der Waals surface area contributed by atoms with Crippen LogP contribution < -0.4 is 0 Å². The van der Waals surface area contributed by atoms with E-state index in [1.807, 2.05) is 0 Å². The maximum Gasteiger partial charge on any atom is 0.187 e. The van der Waals surface area contributed by atoms with Crippen LogP contribution in [-0.4, -0.2) is 40.5 Å². The van der Waals surface area contributed by atoms with Crippen molar-refractivity contribution in [2.45, 2.75) is 19.4 Å². The maximum absolute atomic E-state index is 12.1. The molecule has 2 aromatic rings. The van der Waals surface area contributed by atoms with Gasteiger partial charge in [-0.25, -0.2) is 13.1 Å². The zero-order chi connectivity index (χ0) is 17.3. The van der Waals surface area contributed by atoms with Gasteiger partial charge in [0.1, 0.15) is 5.15 Å². The number of aromatic nitrogens is 3. The van der Waals surface area contributed by atoms with Crippen molar-refractivity contribution in [2.75, 3.05) is 11.5 Å². The van der Waals surface area contributed by atoms with Crippen molar-refractivity contribution in [3.8, 4) is 0 Å². The van der Waals surface area contributed by atoms with Crippen LogP contribution in [0.25, 0.3) is 6.08 Å². The van der Waals surface area contributed by atoms with E-state index >= 15 is 0 Å². The van der Waals surface area contributed by atoms with Crippen molar-refractivity contribution >= 4 is 33.3 Å². The van der Waals surface area contributed by atoms with E-state index in [2.05, 4.69) is 10.1 Å². The molecule has 1 aliphatic rings. The number of hydrogen-bond donors (Lipinski definition) is 0. The average Bonchev–Trinajstić information content (AvgIpc) is 3.05. The third-order valence-corrected chi connectivity index (χ3v) is 6.10. The quantitative estimate of drug-likeness (QED) is 0.614. The number of nitrogens with zero attached hydrogens (tertiary/aromatic N) is 3. The van der Waals surface area contributed by atoms with Crippen LogP contribution in [0.15, 0.2) is 30.6 Å². The number of aryl methyl sites for hydroxylation is 1. The molecule has 6 nitrogen and oxygen atoms in total. The van der Waals surface area contributed by atoms with Gasteiger partial charge in [-0.15, -0.1) is 0 Å². The predicted octanol–water partition coefficient (Wildman–Crippen LogP) is 2.50. The number of ketones is 1. The summed E-state index contributed by atoms with van der Waals surface area (Å²) in [5.74, 6) is 0.0122. The van der Waals surface area contributed by atoms with E-state index in [4.69, 9.17) is 11.6 Å². The highest BCUT2D eigenvalue weighted by atomic mass is 35.5. The average molecular weight is 366 g/mol. The van der Waals surface area contributed by atoms with Gasteiger partial charge in [-0.05, 0) is 37.6 Å². The van der Waals surface area contributed by atoms with Crippen molar-refractivity contribution in [2.24, 2.45) is 0 Å². The van der Waals surface area contributed by atoms with E-state index in [0.717, 1.165) is 0 Å². The van der Waals surface area contributed by atoms with Gasteiger partial charge in [0.2, 0.25) is 0 Å². The molecule has 1 fully saturated rings. The molecule has 8 heteroatoms. The summed E-state index contributed by atoms with van der Waals surface area (Å²) in [7, 11) is -3.02. The number of halogens is 1. The molecule has 1 atom stereocenters. The first kappa shape index (κ1) is 16.9. The maximum atomic E-state index is 12.1. The zero-order valence-corrected chi connectivity index (χ0v) is 14.6. The SMILES string of the molecule is Cc1nn([C@H]2CCS(=O)(=O)C2)c(Cl)c1/C=C/C(=O)c1cccnc1. The molecule has 3 rings (SSSR count). The van der Waals surface area contributed by atoms with Crippen LogP contribution in [0, 0.1) is 6.92 Å². The van der Waals surface area contributed by atoms with E-state index in [9.17, 15) is 13.2 Å². The van der Waals surface area contributed by atoms with Crippen molar-refractivity contribution in [3.63, 3.8) is 0 Å². The Morgan fingerprint density at radius 1 is 1.46 bits per heavy atom. The van der Waals surface area contributed by atoms with Gasteiger partial charge in [0.05, 0.1) is 23.2 Å². The first-order valence-corrected chi connectivity index (χ1v) is 9.65. The fourth-order valence-corrected chi connectivity index (χ4v) is 4.76. The van der Waals surface area contributed by atoms with Gasteiger partial charge in [0.25, 0.3) is 0 Å². The number of hydrogen-bond acceptors (Lipinski definition) is 5. The Labute approximate surface area is 145 Å². The van der Waals surface area contributed by atoms with Gasteiger partial charge >= 0.3 is 0 Å². The Morgan fingerprint density at radius 3 is 2.88 bits per heavy atom. The van der Waals surface area contributed by atoms with Crippen LogP contribution in [0.4, 0.5) is 0 Å². The summed E-state index contributed by atoms with van der Waals surface area (Å²) in [5, 5.41) is 4.71. The number of allylic oxidation sites excluding steroid dienone is 1. The Balaban J connectivity index is 1.85. The number of rotatable bonds is 4. The normalized spacial score (nSPS) is 19.8. The molecule has 0 spiro atoms. The number of sulfone groups is 1. The van der Waals surface area contributed by atoms with Crippen LogP contribution in [0.3, 0.4) is 0 Å². The molecule has 1 saturated heterocycles. The molecule has 3 heterocycles. The highest BCUT2D eigenvalue weighted by molar-refractivity contribution is 7.91. The minimum absolute atomic E-state index is 0.0472. The lowest BCUT2D eigenvalue weighted by atomic mass is 10.1. The fourth-order valence-electron chi connectivity index (χ4n) is 2.70. The summed E-state index contributed by atoms with van der Waals surface area (Å²) in [6, 6.07) is 3.12. The molecule has 0 bridgehead atoms. The van der Waals surface area contributed by atoms with Gasteiger partial charge in [-0.3, -0.25) is 9.78 Å². The Morgan fingerprint density at radius 2 is 2.25 bits per heavy atom. The molecule has 0 unspecified atom stereocenters. The van der Waals surface area contributed by atoms with Gasteiger partial charge in [0, 0.05) is 23.5 Å². The fraction of sp³-hybridized carbons (Fsp3) is 0.312. The first-order valence-electron chi connectivity index (χ1n) is 7.45. The van der Waals surface area contributed by atoms with E-state index in [0.29, 0.717) is 28.4 Å². The topological polar surface area (TPSA) is 81.9 Å². The largest absolute Gasteiger partial charge is 0.289 e. The van der Waals surface area contributed by atoms with E-state index in [-0.39, 0.29) is 23.3 Å². The second kappa shape index (κ2) is 6.49. The summed E-state index contributed by atoms with van der Waals surface area (Å²) in [5.41, 5.74) is 1.76. The second-order valence-corrected chi connectivity index (χ2v) is 8.32. The van der Waals surface area contributed by atoms with Crippen LogP contribution in [0.1, 0.15) is 34.1 Å². The standard InChI is InChI=1S/C16H16ClN3O3S/c1-11-14(4-5-15(21)12-3-2-7-18-9-12)16(17)20(19-11)13-6-8-24(22,23)10-13/h2-5,7,9,13H,6,8,10H2,1H3/b5-4+/t13-/m0/s1. The van der Waals surface area contributed by atoms with Crippen molar-refractivity contribution in [1.29, 1.82) is 0 Å². The third-order valence-electron chi connectivity index (χ3n) is 3.97. The molecule has 2 aromatic heterocycles. The summed E-state index contributed by atoms with van der Waals surface area (Å²) in [6.45, 7) is 1.78. The molecule has 0 amide bonds. The van der Waals surface area contributed by atoms with Crippen LogP contribution >= 0.6 is 11.6 Å². The number of carbonyl (C=O) groups excluding carboxylic acids is 1. The van der Waals surface area contributed by atoms with E-state index < -0.39 is 9.84 Å². The summed E-state index contributed by atoms with van der Waals surface area (Å²) < 4.78 is 24.8. The molecule has 0 saturated carbocycles. The molecule has 0 N–H and O–H groups in total. The van der Waals surface area contributed by atoms with Gasteiger partial charge in [-0.2, -0.15) is 5.10 Å². The molecule has 24 heavy (non-hydrogen) atoms. The van der Waals surface area contributed by atoms with Crippen LogP contribution in [-0.2, 0) is 9.84 Å². The number of pyridine rings is 1. The highest BCUT2D eigenvalue weighted by Gasteiger charge is 2.31.